The monoisotopic (exact) mass is 387 g/mol. The predicted molar refractivity (Wildman–Crippen MR) is 106 cm³/mol. The lowest BCUT2D eigenvalue weighted by molar-refractivity contribution is 0.0945. The molecule has 1 N–H and O–H groups in total. The van der Waals surface area contributed by atoms with Crippen molar-refractivity contribution >= 4 is 29.1 Å². The molecule has 0 atom stereocenters. The van der Waals surface area contributed by atoms with Crippen molar-refractivity contribution in [1.29, 1.82) is 0 Å². The Bertz CT molecular complexity index is 904. The molecule has 3 rings (SSSR count). The van der Waals surface area contributed by atoms with E-state index >= 15 is 0 Å². The molecular weight excluding hydrogens is 369 g/mol. The van der Waals surface area contributed by atoms with Crippen molar-refractivity contribution in [3.63, 3.8) is 0 Å². The third-order valence-electron chi connectivity index (χ3n) is 3.98. The van der Waals surface area contributed by atoms with Gasteiger partial charge in [0.15, 0.2) is 0 Å². The first-order valence-corrected chi connectivity index (χ1v) is 9.25. The number of nitrogens with one attached hydrogen (secondary N) is 1. The minimum atomic E-state index is -0.167. The smallest absolute Gasteiger partial charge is 0.270 e. The van der Waals surface area contributed by atoms with Crippen LogP contribution < -0.4 is 5.32 Å². The third kappa shape index (κ3) is 4.09. The molecule has 6 heteroatoms. The van der Waals surface area contributed by atoms with Crippen LogP contribution in [0, 0.1) is 0 Å². The standard InChI is InChI=1S/C20H19Cl2N3O/c1-2-3-12-23-20(26)19-13-18(16-6-4-5-7-17(16)22)24-25(19)15-10-8-14(21)9-11-15/h4-11,13H,2-3,12H2,1H3,(H,23,26). The Morgan fingerprint density at radius 1 is 1.12 bits per heavy atom. The Labute approximate surface area is 162 Å². The minimum Gasteiger partial charge on any atom is -0.351 e. The maximum absolute atomic E-state index is 12.7. The quantitative estimate of drug-likeness (QED) is 0.577. The van der Waals surface area contributed by atoms with Crippen LogP contribution in [-0.2, 0) is 0 Å². The highest BCUT2D eigenvalue weighted by molar-refractivity contribution is 6.33. The van der Waals surface area contributed by atoms with Crippen molar-refractivity contribution in [2.75, 3.05) is 6.54 Å². The minimum absolute atomic E-state index is 0.167. The van der Waals surface area contributed by atoms with Gasteiger partial charge in [-0.1, -0.05) is 54.7 Å². The summed E-state index contributed by atoms with van der Waals surface area (Å²) in [6, 6.07) is 16.4. The van der Waals surface area contributed by atoms with Gasteiger partial charge in [-0.25, -0.2) is 4.68 Å². The molecule has 0 aliphatic carbocycles. The van der Waals surface area contributed by atoms with Crippen LogP contribution in [0.5, 0.6) is 0 Å². The number of hydrogen-bond donors (Lipinski definition) is 1. The molecule has 4 nitrogen and oxygen atoms in total. The largest absolute Gasteiger partial charge is 0.351 e. The number of carbonyl (C=O) groups is 1. The summed E-state index contributed by atoms with van der Waals surface area (Å²) in [6.07, 6.45) is 1.94. The van der Waals surface area contributed by atoms with Crippen molar-refractivity contribution in [3.05, 3.63) is 70.3 Å². The van der Waals surface area contributed by atoms with Gasteiger partial charge in [0.25, 0.3) is 5.91 Å². The number of hydrogen-bond acceptors (Lipinski definition) is 2. The van der Waals surface area contributed by atoms with Crippen LogP contribution >= 0.6 is 23.2 Å². The molecule has 0 bridgehead atoms. The number of carbonyl (C=O) groups excluding carboxylic acids is 1. The highest BCUT2D eigenvalue weighted by atomic mass is 35.5. The lowest BCUT2D eigenvalue weighted by Crippen LogP contribution is -2.26. The summed E-state index contributed by atoms with van der Waals surface area (Å²) in [7, 11) is 0. The van der Waals surface area contributed by atoms with E-state index in [-0.39, 0.29) is 5.91 Å². The van der Waals surface area contributed by atoms with Gasteiger partial charge < -0.3 is 5.32 Å². The van der Waals surface area contributed by atoms with E-state index in [0.717, 1.165) is 24.1 Å². The molecule has 0 saturated heterocycles. The van der Waals surface area contributed by atoms with Gasteiger partial charge >= 0.3 is 0 Å². The van der Waals surface area contributed by atoms with Gasteiger partial charge in [-0.3, -0.25) is 4.79 Å². The zero-order chi connectivity index (χ0) is 18.5. The molecular formula is C20H19Cl2N3O. The number of halogens is 2. The fourth-order valence-electron chi connectivity index (χ4n) is 2.59. The molecule has 0 spiro atoms. The highest BCUT2D eigenvalue weighted by Gasteiger charge is 2.18. The lowest BCUT2D eigenvalue weighted by Gasteiger charge is -2.08. The lowest BCUT2D eigenvalue weighted by atomic mass is 10.1. The summed E-state index contributed by atoms with van der Waals surface area (Å²) in [6.45, 7) is 2.71. The second kappa shape index (κ2) is 8.39. The molecule has 1 heterocycles. The second-order valence-corrected chi connectivity index (χ2v) is 6.74. The Kier molecular flexibility index (Phi) is 5.96. The summed E-state index contributed by atoms with van der Waals surface area (Å²) < 4.78 is 1.62. The maximum Gasteiger partial charge on any atom is 0.270 e. The second-order valence-electron chi connectivity index (χ2n) is 5.89. The normalized spacial score (nSPS) is 10.7. The van der Waals surface area contributed by atoms with Gasteiger partial charge in [0.2, 0.25) is 0 Å². The fourth-order valence-corrected chi connectivity index (χ4v) is 2.95. The van der Waals surface area contributed by atoms with E-state index in [0.29, 0.717) is 28.0 Å². The Morgan fingerprint density at radius 2 is 1.85 bits per heavy atom. The summed E-state index contributed by atoms with van der Waals surface area (Å²) in [5.74, 6) is -0.167. The first-order chi connectivity index (χ1) is 12.6. The predicted octanol–water partition coefficient (Wildman–Crippen LogP) is 5.38. The van der Waals surface area contributed by atoms with Crippen LogP contribution in [0.2, 0.25) is 10.0 Å². The highest BCUT2D eigenvalue weighted by Crippen LogP contribution is 2.28. The Morgan fingerprint density at radius 3 is 2.54 bits per heavy atom. The molecule has 0 unspecified atom stereocenters. The van der Waals surface area contributed by atoms with Crippen molar-refractivity contribution in [2.45, 2.75) is 19.8 Å². The van der Waals surface area contributed by atoms with Crippen LogP contribution in [0.1, 0.15) is 30.3 Å². The Hall–Kier alpha value is -2.30. The number of aromatic nitrogens is 2. The molecule has 2 aromatic carbocycles. The van der Waals surface area contributed by atoms with Crippen molar-refractivity contribution in [3.8, 4) is 16.9 Å². The molecule has 1 amide bonds. The topological polar surface area (TPSA) is 46.9 Å². The summed E-state index contributed by atoms with van der Waals surface area (Å²) >= 11 is 12.3. The zero-order valence-electron chi connectivity index (χ0n) is 14.4. The van der Waals surface area contributed by atoms with Gasteiger partial charge in [-0.2, -0.15) is 5.10 Å². The van der Waals surface area contributed by atoms with Gasteiger partial charge in [-0.15, -0.1) is 0 Å². The number of benzene rings is 2. The average Bonchev–Trinajstić information content (AvgIpc) is 3.08. The first kappa shape index (κ1) is 18.5. The first-order valence-electron chi connectivity index (χ1n) is 8.49. The molecule has 0 fully saturated rings. The molecule has 0 aliphatic heterocycles. The van der Waals surface area contributed by atoms with E-state index in [9.17, 15) is 4.79 Å². The van der Waals surface area contributed by atoms with Crippen LogP contribution in [0.4, 0.5) is 0 Å². The van der Waals surface area contributed by atoms with E-state index in [1.807, 2.05) is 30.3 Å². The van der Waals surface area contributed by atoms with Gasteiger partial charge in [0.1, 0.15) is 5.69 Å². The zero-order valence-corrected chi connectivity index (χ0v) is 15.9. The molecule has 26 heavy (non-hydrogen) atoms. The van der Waals surface area contributed by atoms with Crippen molar-refractivity contribution in [2.24, 2.45) is 0 Å². The number of rotatable bonds is 6. The number of nitrogens with zero attached hydrogens (tertiary/aromatic N) is 2. The van der Waals surface area contributed by atoms with Crippen LogP contribution in [0.3, 0.4) is 0 Å². The number of unbranched alkanes of at least 4 members (excludes halogenated alkanes) is 1. The van der Waals surface area contributed by atoms with E-state index in [1.165, 1.54) is 0 Å². The maximum atomic E-state index is 12.7. The summed E-state index contributed by atoms with van der Waals surface area (Å²) in [4.78, 5) is 12.7. The van der Waals surface area contributed by atoms with Gasteiger partial charge in [-0.05, 0) is 42.8 Å². The van der Waals surface area contributed by atoms with E-state index in [1.54, 1.807) is 28.9 Å². The van der Waals surface area contributed by atoms with Crippen molar-refractivity contribution in [1.82, 2.24) is 15.1 Å². The van der Waals surface area contributed by atoms with Crippen LogP contribution in [-0.4, -0.2) is 22.2 Å². The molecule has 0 radical (unpaired) electrons. The summed E-state index contributed by atoms with van der Waals surface area (Å²) in [5, 5.41) is 8.78. The van der Waals surface area contributed by atoms with Crippen LogP contribution in [0.15, 0.2) is 54.6 Å². The molecule has 134 valence electrons. The fraction of sp³-hybridized carbons (Fsp3) is 0.200. The molecule has 3 aromatic rings. The van der Waals surface area contributed by atoms with Gasteiger partial charge in [0, 0.05) is 17.1 Å². The molecule has 1 aromatic heterocycles. The van der Waals surface area contributed by atoms with Crippen molar-refractivity contribution < 1.29 is 4.79 Å². The average molecular weight is 388 g/mol. The van der Waals surface area contributed by atoms with E-state index in [4.69, 9.17) is 23.2 Å². The van der Waals surface area contributed by atoms with E-state index in [2.05, 4.69) is 17.3 Å². The molecule has 0 aliphatic rings. The SMILES string of the molecule is CCCCNC(=O)c1cc(-c2ccccc2Cl)nn1-c1ccc(Cl)cc1. The summed E-state index contributed by atoms with van der Waals surface area (Å²) in [5.41, 5.74) is 2.64. The molecule has 0 saturated carbocycles. The Balaban J connectivity index is 2.04. The van der Waals surface area contributed by atoms with E-state index < -0.39 is 0 Å². The number of amides is 1. The third-order valence-corrected chi connectivity index (χ3v) is 4.56. The van der Waals surface area contributed by atoms with Gasteiger partial charge in [0.05, 0.1) is 16.4 Å². The van der Waals surface area contributed by atoms with Crippen LogP contribution in [0.25, 0.3) is 16.9 Å².